The van der Waals surface area contributed by atoms with E-state index in [0.29, 0.717) is 17.9 Å². The van der Waals surface area contributed by atoms with E-state index in [0.717, 1.165) is 18.5 Å². The van der Waals surface area contributed by atoms with Gasteiger partial charge in [0.15, 0.2) is 5.69 Å². The van der Waals surface area contributed by atoms with E-state index in [1.165, 1.54) is 15.7 Å². The maximum atomic E-state index is 13.2. The summed E-state index contributed by atoms with van der Waals surface area (Å²) in [5.74, 6) is 0.226. The summed E-state index contributed by atoms with van der Waals surface area (Å²) in [6.07, 6.45) is 3.04. The number of carbonyl (C=O) groups is 1. The number of aromatic nitrogens is 3. The minimum atomic E-state index is -0.691. The van der Waals surface area contributed by atoms with Crippen LogP contribution in [0.1, 0.15) is 37.0 Å². The molecule has 2 aromatic heterocycles. The summed E-state index contributed by atoms with van der Waals surface area (Å²) in [7, 11) is 1.89. The SMILES string of the molecule is CCCCn1c(N)c(N(CC)C(=O)c2ccc(N(C)c3ccccc3)nc2)c(=O)[nH]c1=O. The van der Waals surface area contributed by atoms with Gasteiger partial charge in [-0.1, -0.05) is 31.5 Å². The van der Waals surface area contributed by atoms with E-state index < -0.39 is 17.2 Å². The normalized spacial score (nSPS) is 10.7. The summed E-state index contributed by atoms with van der Waals surface area (Å²) in [4.78, 5) is 47.8. The Morgan fingerprint density at radius 1 is 1.12 bits per heavy atom. The van der Waals surface area contributed by atoms with Gasteiger partial charge < -0.3 is 15.5 Å². The standard InChI is InChI=1S/C23H28N6O3/c1-4-6-14-29-20(24)19(21(30)26-23(29)32)28(5-2)22(31)16-12-13-18(25-15-16)27(3)17-10-8-7-9-11-17/h7-13,15H,4-6,14,24H2,1-3H3,(H,26,30,32). The number of nitrogens with two attached hydrogens (primary N) is 1. The third-order valence-electron chi connectivity index (χ3n) is 5.26. The van der Waals surface area contributed by atoms with E-state index in [1.54, 1.807) is 19.1 Å². The molecule has 0 fully saturated rings. The number of unbranched alkanes of at least 4 members (excludes halogenated alkanes) is 1. The molecule has 0 unspecified atom stereocenters. The number of amides is 1. The zero-order valence-electron chi connectivity index (χ0n) is 18.5. The summed E-state index contributed by atoms with van der Waals surface area (Å²) < 4.78 is 1.30. The van der Waals surface area contributed by atoms with Crippen molar-refractivity contribution in [3.63, 3.8) is 0 Å². The summed E-state index contributed by atoms with van der Waals surface area (Å²) in [5.41, 5.74) is 6.14. The molecule has 3 N–H and O–H groups in total. The monoisotopic (exact) mass is 436 g/mol. The number of nitrogens with one attached hydrogen (secondary N) is 1. The Morgan fingerprint density at radius 2 is 1.84 bits per heavy atom. The number of nitrogens with zero attached hydrogens (tertiary/aromatic N) is 4. The number of anilines is 4. The Labute approximate surface area is 186 Å². The molecule has 9 heteroatoms. The first-order valence-electron chi connectivity index (χ1n) is 10.6. The van der Waals surface area contributed by atoms with Crippen LogP contribution >= 0.6 is 0 Å². The number of aromatic amines is 1. The zero-order chi connectivity index (χ0) is 23.3. The smallest absolute Gasteiger partial charge is 0.330 e. The van der Waals surface area contributed by atoms with Crippen LogP contribution in [-0.2, 0) is 6.54 Å². The predicted octanol–water partition coefficient (Wildman–Crippen LogP) is 2.75. The fraction of sp³-hybridized carbons (Fsp3) is 0.304. The lowest BCUT2D eigenvalue weighted by molar-refractivity contribution is 0.0987. The number of nitrogen functional groups attached to an aromatic ring is 1. The van der Waals surface area contributed by atoms with Crippen molar-refractivity contribution in [3.05, 3.63) is 75.1 Å². The molecule has 1 aromatic carbocycles. The first-order valence-corrected chi connectivity index (χ1v) is 10.6. The molecule has 2 heterocycles. The van der Waals surface area contributed by atoms with Gasteiger partial charge in [0.1, 0.15) is 11.6 Å². The van der Waals surface area contributed by atoms with Crippen LogP contribution in [0.25, 0.3) is 0 Å². The Bertz CT molecular complexity index is 1190. The van der Waals surface area contributed by atoms with E-state index in [2.05, 4.69) is 9.97 Å². The van der Waals surface area contributed by atoms with Gasteiger partial charge in [0.05, 0.1) is 5.56 Å². The van der Waals surface area contributed by atoms with Gasteiger partial charge in [-0.05, 0) is 37.6 Å². The molecule has 9 nitrogen and oxygen atoms in total. The van der Waals surface area contributed by atoms with Crippen LogP contribution in [0.3, 0.4) is 0 Å². The van der Waals surface area contributed by atoms with Crippen molar-refractivity contribution in [1.29, 1.82) is 0 Å². The maximum absolute atomic E-state index is 13.2. The van der Waals surface area contributed by atoms with Crippen LogP contribution < -0.4 is 26.8 Å². The number of hydrogen-bond donors (Lipinski definition) is 2. The first-order chi connectivity index (χ1) is 15.4. The van der Waals surface area contributed by atoms with E-state index in [1.807, 2.05) is 49.2 Å². The third kappa shape index (κ3) is 4.56. The van der Waals surface area contributed by atoms with Crippen molar-refractivity contribution in [3.8, 4) is 0 Å². The Morgan fingerprint density at radius 3 is 2.44 bits per heavy atom. The molecule has 3 rings (SSSR count). The summed E-state index contributed by atoms with van der Waals surface area (Å²) >= 11 is 0. The maximum Gasteiger partial charge on any atom is 0.330 e. The average Bonchev–Trinajstić information content (AvgIpc) is 2.81. The Kier molecular flexibility index (Phi) is 7.09. The van der Waals surface area contributed by atoms with E-state index in [-0.39, 0.29) is 18.1 Å². The van der Waals surface area contributed by atoms with Gasteiger partial charge in [0.25, 0.3) is 11.5 Å². The largest absolute Gasteiger partial charge is 0.383 e. The van der Waals surface area contributed by atoms with Gasteiger partial charge in [-0.2, -0.15) is 0 Å². The van der Waals surface area contributed by atoms with E-state index in [4.69, 9.17) is 5.73 Å². The highest BCUT2D eigenvalue weighted by Crippen LogP contribution is 2.23. The fourth-order valence-electron chi connectivity index (χ4n) is 3.43. The van der Waals surface area contributed by atoms with Crippen LogP contribution in [0.5, 0.6) is 0 Å². The molecule has 0 aliphatic rings. The van der Waals surface area contributed by atoms with Gasteiger partial charge in [-0.25, -0.2) is 9.78 Å². The number of rotatable bonds is 8. The van der Waals surface area contributed by atoms with Crippen molar-refractivity contribution >= 4 is 28.9 Å². The lowest BCUT2D eigenvalue weighted by Gasteiger charge is -2.23. The van der Waals surface area contributed by atoms with Crippen molar-refractivity contribution in [1.82, 2.24) is 14.5 Å². The Balaban J connectivity index is 1.93. The van der Waals surface area contributed by atoms with Gasteiger partial charge in [-0.15, -0.1) is 0 Å². The van der Waals surface area contributed by atoms with Gasteiger partial charge in [-0.3, -0.25) is 19.1 Å². The van der Waals surface area contributed by atoms with E-state index >= 15 is 0 Å². The third-order valence-corrected chi connectivity index (χ3v) is 5.26. The molecule has 0 bridgehead atoms. The molecule has 0 spiro atoms. The van der Waals surface area contributed by atoms with Crippen LogP contribution in [0, 0.1) is 0 Å². The number of benzene rings is 1. The highest BCUT2D eigenvalue weighted by Gasteiger charge is 2.24. The minimum absolute atomic E-state index is 0.0178. The molecule has 32 heavy (non-hydrogen) atoms. The van der Waals surface area contributed by atoms with Crippen molar-refractivity contribution < 1.29 is 4.79 Å². The molecule has 0 radical (unpaired) electrons. The number of carbonyl (C=O) groups excluding carboxylic acids is 1. The zero-order valence-corrected chi connectivity index (χ0v) is 18.5. The molecular weight excluding hydrogens is 408 g/mol. The number of para-hydroxylation sites is 1. The summed E-state index contributed by atoms with van der Waals surface area (Å²) in [5, 5.41) is 0. The summed E-state index contributed by atoms with van der Waals surface area (Å²) in [6.45, 7) is 4.29. The van der Waals surface area contributed by atoms with Gasteiger partial charge in [0, 0.05) is 32.0 Å². The Hall–Kier alpha value is -3.88. The van der Waals surface area contributed by atoms with Crippen molar-refractivity contribution in [2.24, 2.45) is 0 Å². The van der Waals surface area contributed by atoms with Gasteiger partial charge >= 0.3 is 5.69 Å². The van der Waals surface area contributed by atoms with E-state index in [9.17, 15) is 14.4 Å². The molecule has 1 amide bonds. The molecule has 0 saturated heterocycles. The summed E-state index contributed by atoms with van der Waals surface area (Å²) in [6, 6.07) is 13.1. The van der Waals surface area contributed by atoms with Crippen LogP contribution in [-0.4, -0.2) is 34.0 Å². The van der Waals surface area contributed by atoms with Crippen LogP contribution in [0.2, 0.25) is 0 Å². The molecule has 3 aromatic rings. The number of hydrogen-bond acceptors (Lipinski definition) is 6. The first kappa shape index (κ1) is 22.8. The van der Waals surface area contributed by atoms with Crippen molar-refractivity contribution in [2.45, 2.75) is 33.2 Å². The molecular formula is C23H28N6O3. The minimum Gasteiger partial charge on any atom is -0.383 e. The highest BCUT2D eigenvalue weighted by molar-refractivity contribution is 6.07. The predicted molar refractivity (Wildman–Crippen MR) is 127 cm³/mol. The fourth-order valence-corrected chi connectivity index (χ4v) is 3.43. The van der Waals surface area contributed by atoms with Gasteiger partial charge in [0.2, 0.25) is 0 Å². The highest BCUT2D eigenvalue weighted by atomic mass is 16.2. The van der Waals surface area contributed by atoms with Crippen LogP contribution in [0.4, 0.5) is 23.0 Å². The second-order valence-corrected chi connectivity index (χ2v) is 7.35. The lowest BCUT2D eigenvalue weighted by Crippen LogP contribution is -2.41. The van der Waals surface area contributed by atoms with Crippen LogP contribution in [0.15, 0.2) is 58.3 Å². The second kappa shape index (κ2) is 9.95. The molecule has 0 atom stereocenters. The second-order valence-electron chi connectivity index (χ2n) is 7.35. The number of H-pyrrole nitrogens is 1. The van der Waals surface area contributed by atoms with Crippen molar-refractivity contribution in [2.75, 3.05) is 29.1 Å². The average molecular weight is 437 g/mol. The number of pyridine rings is 1. The molecule has 0 aliphatic heterocycles. The molecule has 0 saturated carbocycles. The lowest BCUT2D eigenvalue weighted by atomic mass is 10.2. The topological polar surface area (TPSA) is 117 Å². The quantitative estimate of drug-likeness (QED) is 0.561. The molecule has 168 valence electrons. The molecule has 0 aliphatic carbocycles.